The maximum Gasteiger partial charge on any atom is 0.172 e. The molecule has 2 nitrogen and oxygen atoms in total. The molecule has 0 aliphatic carbocycles. The fourth-order valence-electron chi connectivity index (χ4n) is 5.19. The normalized spacial score (nSPS) is 12.2. The first-order valence-corrected chi connectivity index (χ1v) is 15.2. The number of methoxy groups -OCH3 is 1. The SMILES string of the molecule is COc1ccccc1NC(C/C=C/[Si](c1ccccc1)(c1ccccc1)c1ccccc1)c1ccccc1. The van der Waals surface area contributed by atoms with Crippen molar-refractivity contribution < 1.29 is 4.74 Å². The van der Waals surface area contributed by atoms with E-state index in [9.17, 15) is 0 Å². The number of hydrogen-bond acceptors (Lipinski definition) is 2. The average molecular weight is 512 g/mol. The van der Waals surface area contributed by atoms with E-state index in [0.717, 1.165) is 17.9 Å². The number of ether oxygens (including phenoxy) is 1. The summed E-state index contributed by atoms with van der Waals surface area (Å²) in [5.41, 5.74) is 4.76. The molecule has 0 bridgehead atoms. The second-order valence-corrected chi connectivity index (χ2v) is 13.0. The van der Waals surface area contributed by atoms with E-state index in [4.69, 9.17) is 4.74 Å². The van der Waals surface area contributed by atoms with Gasteiger partial charge in [-0.3, -0.25) is 0 Å². The van der Waals surface area contributed by atoms with Crippen LogP contribution in [0.2, 0.25) is 0 Å². The largest absolute Gasteiger partial charge is 0.495 e. The van der Waals surface area contributed by atoms with E-state index < -0.39 is 8.07 Å². The van der Waals surface area contributed by atoms with Crippen molar-refractivity contribution in [2.24, 2.45) is 0 Å². The van der Waals surface area contributed by atoms with Crippen LogP contribution in [0.1, 0.15) is 18.0 Å². The van der Waals surface area contributed by atoms with Gasteiger partial charge in [-0.2, -0.15) is 0 Å². The summed E-state index contributed by atoms with van der Waals surface area (Å²) in [4.78, 5) is 0. The summed E-state index contributed by atoms with van der Waals surface area (Å²) < 4.78 is 5.64. The lowest BCUT2D eigenvalue weighted by molar-refractivity contribution is 0.416. The van der Waals surface area contributed by atoms with Gasteiger partial charge in [0.15, 0.2) is 8.07 Å². The quantitative estimate of drug-likeness (QED) is 0.171. The summed E-state index contributed by atoms with van der Waals surface area (Å²) in [6, 6.07) is 51.9. The van der Waals surface area contributed by atoms with E-state index in [1.807, 2.05) is 18.2 Å². The molecule has 1 atom stereocenters. The Balaban J connectivity index is 1.58. The molecule has 0 aliphatic heterocycles. The maximum absolute atomic E-state index is 5.64. The van der Waals surface area contributed by atoms with E-state index in [-0.39, 0.29) is 6.04 Å². The third-order valence-corrected chi connectivity index (χ3v) is 11.5. The van der Waals surface area contributed by atoms with Gasteiger partial charge in [0, 0.05) is 0 Å². The van der Waals surface area contributed by atoms with Crippen molar-refractivity contribution in [1.29, 1.82) is 0 Å². The Bertz CT molecular complexity index is 1340. The minimum atomic E-state index is -2.43. The van der Waals surface area contributed by atoms with Crippen LogP contribution >= 0.6 is 0 Å². The summed E-state index contributed by atoms with van der Waals surface area (Å²) in [6.07, 6.45) is 3.22. The molecule has 188 valence electrons. The van der Waals surface area contributed by atoms with Crippen molar-refractivity contribution in [2.45, 2.75) is 12.5 Å². The zero-order valence-electron chi connectivity index (χ0n) is 21.7. The minimum absolute atomic E-state index is 0.0952. The number of para-hydroxylation sites is 2. The first-order chi connectivity index (χ1) is 18.8. The molecule has 0 amide bonds. The highest BCUT2D eigenvalue weighted by Gasteiger charge is 2.36. The van der Waals surface area contributed by atoms with E-state index >= 15 is 0 Å². The van der Waals surface area contributed by atoms with Crippen molar-refractivity contribution in [1.82, 2.24) is 0 Å². The highest BCUT2D eigenvalue weighted by atomic mass is 28.3. The minimum Gasteiger partial charge on any atom is -0.495 e. The molecule has 1 unspecified atom stereocenters. The van der Waals surface area contributed by atoms with Gasteiger partial charge in [0.25, 0.3) is 0 Å². The second kappa shape index (κ2) is 12.3. The Morgan fingerprint density at radius 3 is 1.55 bits per heavy atom. The van der Waals surface area contributed by atoms with Crippen molar-refractivity contribution in [3.63, 3.8) is 0 Å². The van der Waals surface area contributed by atoms with Crippen LogP contribution in [0.5, 0.6) is 5.75 Å². The summed E-state index contributed by atoms with van der Waals surface area (Å²) in [7, 11) is -0.715. The van der Waals surface area contributed by atoms with E-state index in [1.165, 1.54) is 21.1 Å². The zero-order valence-corrected chi connectivity index (χ0v) is 22.7. The Kier molecular flexibility index (Phi) is 8.17. The lowest BCUT2D eigenvalue weighted by atomic mass is 10.0. The zero-order chi connectivity index (χ0) is 26.0. The van der Waals surface area contributed by atoms with Crippen LogP contribution in [-0.4, -0.2) is 15.2 Å². The number of anilines is 1. The van der Waals surface area contributed by atoms with Gasteiger partial charge in [-0.25, -0.2) is 0 Å². The standard InChI is InChI=1S/C35H33NOSi/c1-37-35-27-15-14-25-34(35)36-33(29-17-6-2-7-18-29)26-16-28-38(30-19-8-3-9-20-30,31-21-10-4-11-22-31)32-23-12-5-13-24-32/h2-25,27-28,33,36H,26H2,1H3/b28-16+. The predicted molar refractivity (Wildman–Crippen MR) is 164 cm³/mol. The molecule has 0 heterocycles. The lowest BCUT2D eigenvalue weighted by Gasteiger charge is -2.31. The third-order valence-electron chi connectivity index (χ3n) is 7.07. The topological polar surface area (TPSA) is 21.3 Å². The highest BCUT2D eigenvalue weighted by molar-refractivity contribution is 7.14. The third kappa shape index (κ3) is 5.48. The number of benzene rings is 5. The average Bonchev–Trinajstić information content (AvgIpc) is 3.01. The molecule has 0 saturated carbocycles. The van der Waals surface area contributed by atoms with E-state index in [2.05, 4.69) is 144 Å². The van der Waals surface area contributed by atoms with Crippen LogP contribution in [0.4, 0.5) is 5.69 Å². The van der Waals surface area contributed by atoms with Gasteiger partial charge in [-0.05, 0) is 39.7 Å². The maximum atomic E-state index is 5.64. The van der Waals surface area contributed by atoms with Gasteiger partial charge in [-0.15, -0.1) is 0 Å². The van der Waals surface area contributed by atoms with Crippen LogP contribution in [0.15, 0.2) is 157 Å². The second-order valence-electron chi connectivity index (χ2n) is 9.35. The summed E-state index contributed by atoms with van der Waals surface area (Å²) in [5.74, 6) is 0.846. The molecule has 3 heteroatoms. The molecule has 0 aromatic heterocycles. The van der Waals surface area contributed by atoms with Crippen LogP contribution in [0, 0.1) is 0 Å². The van der Waals surface area contributed by atoms with Gasteiger partial charge in [-0.1, -0.05) is 145 Å². The van der Waals surface area contributed by atoms with Crippen molar-refractivity contribution in [3.8, 4) is 5.75 Å². The Labute approximate surface area is 227 Å². The van der Waals surface area contributed by atoms with Gasteiger partial charge in [0.2, 0.25) is 0 Å². The van der Waals surface area contributed by atoms with Gasteiger partial charge in [0.05, 0.1) is 18.8 Å². The number of rotatable bonds is 10. The molecule has 5 aromatic rings. The summed E-state index contributed by atoms with van der Waals surface area (Å²) in [5, 5.41) is 7.89. The molecule has 1 N–H and O–H groups in total. The van der Waals surface area contributed by atoms with Crippen LogP contribution in [0.25, 0.3) is 0 Å². The van der Waals surface area contributed by atoms with E-state index in [0.29, 0.717) is 0 Å². The summed E-state index contributed by atoms with van der Waals surface area (Å²) in [6.45, 7) is 0. The summed E-state index contributed by atoms with van der Waals surface area (Å²) >= 11 is 0. The van der Waals surface area contributed by atoms with E-state index in [1.54, 1.807) is 7.11 Å². The monoisotopic (exact) mass is 511 g/mol. The van der Waals surface area contributed by atoms with Crippen molar-refractivity contribution in [3.05, 3.63) is 163 Å². The Morgan fingerprint density at radius 2 is 1.05 bits per heavy atom. The Hall–Kier alpha value is -4.34. The predicted octanol–water partition coefficient (Wildman–Crippen LogP) is 6.50. The first-order valence-electron chi connectivity index (χ1n) is 13.1. The molecular formula is C35H33NOSi. The first kappa shape index (κ1) is 25.3. The molecule has 0 fully saturated rings. The molecule has 0 spiro atoms. The Morgan fingerprint density at radius 1 is 0.605 bits per heavy atom. The number of nitrogens with one attached hydrogen (secondary N) is 1. The van der Waals surface area contributed by atoms with Gasteiger partial charge in [0.1, 0.15) is 5.75 Å². The smallest absolute Gasteiger partial charge is 0.172 e. The lowest BCUT2D eigenvalue weighted by Crippen LogP contribution is -2.66. The number of hydrogen-bond donors (Lipinski definition) is 1. The molecule has 5 aromatic carbocycles. The van der Waals surface area contributed by atoms with Crippen molar-refractivity contribution in [2.75, 3.05) is 12.4 Å². The fraction of sp³-hybridized carbons (Fsp3) is 0.0857. The van der Waals surface area contributed by atoms with Gasteiger partial charge < -0.3 is 10.1 Å². The van der Waals surface area contributed by atoms with Crippen LogP contribution < -0.4 is 25.6 Å². The highest BCUT2D eigenvalue weighted by Crippen LogP contribution is 2.30. The molecule has 38 heavy (non-hydrogen) atoms. The van der Waals surface area contributed by atoms with Gasteiger partial charge >= 0.3 is 0 Å². The molecule has 5 rings (SSSR count). The molecule has 0 saturated heterocycles. The van der Waals surface area contributed by atoms with Crippen LogP contribution in [0.3, 0.4) is 0 Å². The van der Waals surface area contributed by atoms with Crippen LogP contribution in [-0.2, 0) is 0 Å². The molecule has 0 aliphatic rings. The fourth-order valence-corrected chi connectivity index (χ4v) is 9.41. The molecular weight excluding hydrogens is 478 g/mol. The van der Waals surface area contributed by atoms with Crippen molar-refractivity contribution >= 4 is 29.3 Å². The molecule has 0 radical (unpaired) electrons.